The van der Waals surface area contributed by atoms with Crippen LogP contribution in [0.4, 0.5) is 10.5 Å². The zero-order chi connectivity index (χ0) is 16.5. The minimum absolute atomic E-state index is 0.00557. The van der Waals surface area contributed by atoms with Gasteiger partial charge in [0.2, 0.25) is 0 Å². The van der Waals surface area contributed by atoms with Gasteiger partial charge < -0.3 is 10.2 Å². The molecule has 1 aliphatic rings. The predicted molar refractivity (Wildman–Crippen MR) is 101 cm³/mol. The Kier molecular flexibility index (Phi) is 3.98. The lowest BCUT2D eigenvalue weighted by Gasteiger charge is -2.35. The smallest absolute Gasteiger partial charge is 0.317 e. The van der Waals surface area contributed by atoms with Gasteiger partial charge >= 0.3 is 6.03 Å². The summed E-state index contributed by atoms with van der Waals surface area (Å²) in [5, 5.41) is 7.54. The Balaban J connectivity index is 1.57. The zero-order valence-electron chi connectivity index (χ0n) is 13.7. The van der Waals surface area contributed by atoms with Crippen LogP contribution in [0.15, 0.2) is 53.9 Å². The Morgan fingerprint density at radius 2 is 2.04 bits per heavy atom. The summed E-state index contributed by atoms with van der Waals surface area (Å²) < 4.78 is 0. The van der Waals surface area contributed by atoms with E-state index in [0.29, 0.717) is 0 Å². The molecule has 2 heterocycles. The number of hydrogen-bond donors (Lipinski definition) is 1. The van der Waals surface area contributed by atoms with Crippen LogP contribution < -0.4 is 5.32 Å². The first-order chi connectivity index (χ1) is 11.8. The fourth-order valence-electron chi connectivity index (χ4n) is 3.54. The molecule has 122 valence electrons. The van der Waals surface area contributed by atoms with Crippen molar-refractivity contribution in [2.75, 3.05) is 11.9 Å². The van der Waals surface area contributed by atoms with Gasteiger partial charge in [-0.05, 0) is 52.8 Å². The summed E-state index contributed by atoms with van der Waals surface area (Å²) in [6.07, 6.45) is 1.89. The highest BCUT2D eigenvalue weighted by molar-refractivity contribution is 7.10. The van der Waals surface area contributed by atoms with Crippen LogP contribution in [0.5, 0.6) is 0 Å². The maximum absolute atomic E-state index is 12.8. The van der Waals surface area contributed by atoms with Crippen molar-refractivity contribution in [2.45, 2.75) is 25.8 Å². The van der Waals surface area contributed by atoms with Crippen LogP contribution in [-0.4, -0.2) is 17.5 Å². The van der Waals surface area contributed by atoms with Crippen LogP contribution in [0.2, 0.25) is 0 Å². The summed E-state index contributed by atoms with van der Waals surface area (Å²) in [7, 11) is 0. The van der Waals surface area contributed by atoms with Crippen molar-refractivity contribution in [2.24, 2.45) is 0 Å². The van der Waals surface area contributed by atoms with Crippen LogP contribution in [0.1, 0.15) is 29.8 Å². The van der Waals surface area contributed by atoms with Gasteiger partial charge in [0, 0.05) is 17.1 Å². The van der Waals surface area contributed by atoms with Crippen LogP contribution >= 0.6 is 11.3 Å². The summed E-state index contributed by atoms with van der Waals surface area (Å²) in [5.41, 5.74) is 2.17. The average molecular weight is 336 g/mol. The number of nitrogens with zero attached hydrogens (tertiary/aromatic N) is 1. The first-order valence-corrected chi connectivity index (χ1v) is 9.27. The molecule has 1 aliphatic heterocycles. The molecule has 24 heavy (non-hydrogen) atoms. The fraction of sp³-hybridized carbons (Fsp3) is 0.250. The highest BCUT2D eigenvalue weighted by Crippen LogP contribution is 2.35. The number of carbonyl (C=O) groups excluding carboxylic acids is 1. The Labute approximate surface area is 145 Å². The van der Waals surface area contributed by atoms with Gasteiger partial charge in [-0.25, -0.2) is 4.79 Å². The number of nitrogens with one attached hydrogen (secondary N) is 1. The van der Waals surface area contributed by atoms with Gasteiger partial charge in [-0.1, -0.05) is 37.3 Å². The molecule has 1 atom stereocenters. The molecular weight excluding hydrogens is 316 g/mol. The maximum atomic E-state index is 12.8. The number of thiophene rings is 1. The van der Waals surface area contributed by atoms with E-state index in [9.17, 15) is 4.79 Å². The van der Waals surface area contributed by atoms with E-state index in [-0.39, 0.29) is 12.1 Å². The highest BCUT2D eigenvalue weighted by Gasteiger charge is 2.30. The van der Waals surface area contributed by atoms with Crippen LogP contribution in [0.25, 0.3) is 10.8 Å². The molecule has 0 fully saturated rings. The lowest BCUT2D eigenvalue weighted by molar-refractivity contribution is 0.181. The second-order valence-electron chi connectivity index (χ2n) is 6.16. The third-order valence-electron chi connectivity index (χ3n) is 4.74. The summed E-state index contributed by atoms with van der Waals surface area (Å²) in [6.45, 7) is 2.93. The van der Waals surface area contributed by atoms with Gasteiger partial charge in [0.25, 0.3) is 0 Å². The topological polar surface area (TPSA) is 32.3 Å². The maximum Gasteiger partial charge on any atom is 0.322 e. The average Bonchev–Trinajstić information content (AvgIpc) is 3.09. The van der Waals surface area contributed by atoms with Crippen molar-refractivity contribution in [1.29, 1.82) is 0 Å². The molecule has 0 saturated heterocycles. The van der Waals surface area contributed by atoms with Gasteiger partial charge in [-0.2, -0.15) is 0 Å². The highest BCUT2D eigenvalue weighted by atomic mass is 32.1. The number of carbonyl (C=O) groups is 1. The molecule has 0 saturated carbocycles. The third-order valence-corrected chi connectivity index (χ3v) is 5.74. The Bertz CT molecular complexity index is 886. The van der Waals surface area contributed by atoms with Gasteiger partial charge in [0.15, 0.2) is 0 Å². The number of anilines is 1. The molecule has 0 radical (unpaired) electrons. The third kappa shape index (κ3) is 2.67. The number of fused-ring (bicyclic) bond motifs is 2. The number of hydrogen-bond acceptors (Lipinski definition) is 2. The standard InChI is InChI=1S/C20H20N2OS/c1-2-18-17-10-12-24-19(17)9-11-22(18)20(23)21-16-8-7-14-5-3-4-6-15(14)13-16/h3-8,10,12-13,18H,2,9,11H2,1H3,(H,21,23). The molecule has 1 unspecified atom stereocenters. The van der Waals surface area contributed by atoms with Crippen LogP contribution in [-0.2, 0) is 6.42 Å². The number of benzene rings is 2. The first kappa shape index (κ1) is 15.2. The van der Waals surface area contributed by atoms with E-state index in [4.69, 9.17) is 0 Å². The van der Waals surface area contributed by atoms with Crippen molar-refractivity contribution in [3.05, 3.63) is 64.4 Å². The fourth-order valence-corrected chi connectivity index (χ4v) is 4.47. The zero-order valence-corrected chi connectivity index (χ0v) is 14.5. The molecule has 1 aromatic heterocycles. The minimum Gasteiger partial charge on any atom is -0.317 e. The molecular formula is C20H20N2OS. The number of urea groups is 1. The number of rotatable bonds is 2. The van der Waals surface area contributed by atoms with E-state index in [0.717, 1.165) is 30.5 Å². The second-order valence-corrected chi connectivity index (χ2v) is 7.16. The molecule has 1 N–H and O–H groups in total. The normalized spacial score (nSPS) is 16.9. The monoisotopic (exact) mass is 336 g/mol. The first-order valence-electron chi connectivity index (χ1n) is 8.39. The molecule has 4 rings (SSSR count). The summed E-state index contributed by atoms with van der Waals surface area (Å²) >= 11 is 1.81. The van der Waals surface area contributed by atoms with Crippen molar-refractivity contribution in [3.63, 3.8) is 0 Å². The quantitative estimate of drug-likeness (QED) is 0.664. The van der Waals surface area contributed by atoms with E-state index in [1.54, 1.807) is 11.3 Å². The molecule has 2 aromatic carbocycles. The van der Waals surface area contributed by atoms with E-state index in [2.05, 4.69) is 41.9 Å². The van der Waals surface area contributed by atoms with E-state index in [1.807, 2.05) is 29.2 Å². The van der Waals surface area contributed by atoms with Crippen LogP contribution in [0.3, 0.4) is 0 Å². The number of amides is 2. The van der Waals surface area contributed by atoms with Gasteiger partial charge in [-0.15, -0.1) is 11.3 Å². The van der Waals surface area contributed by atoms with E-state index >= 15 is 0 Å². The molecule has 2 amide bonds. The second kappa shape index (κ2) is 6.29. The molecule has 3 aromatic rings. The Hall–Kier alpha value is -2.33. The van der Waals surface area contributed by atoms with Gasteiger partial charge in [0.05, 0.1) is 6.04 Å². The molecule has 0 bridgehead atoms. The van der Waals surface area contributed by atoms with Gasteiger partial charge in [0.1, 0.15) is 0 Å². The summed E-state index contributed by atoms with van der Waals surface area (Å²) in [5.74, 6) is 0. The summed E-state index contributed by atoms with van der Waals surface area (Å²) in [4.78, 5) is 16.2. The molecule has 4 heteroatoms. The molecule has 3 nitrogen and oxygen atoms in total. The molecule has 0 aliphatic carbocycles. The van der Waals surface area contributed by atoms with Crippen molar-refractivity contribution < 1.29 is 4.79 Å². The van der Waals surface area contributed by atoms with Crippen molar-refractivity contribution in [3.8, 4) is 0 Å². The largest absolute Gasteiger partial charge is 0.322 e. The lowest BCUT2D eigenvalue weighted by Crippen LogP contribution is -2.41. The lowest BCUT2D eigenvalue weighted by atomic mass is 9.98. The predicted octanol–water partition coefficient (Wildman–Crippen LogP) is 5.44. The Morgan fingerprint density at radius 3 is 2.88 bits per heavy atom. The van der Waals surface area contributed by atoms with E-state index < -0.39 is 0 Å². The molecule has 0 spiro atoms. The van der Waals surface area contributed by atoms with Crippen molar-refractivity contribution in [1.82, 2.24) is 4.90 Å². The Morgan fingerprint density at radius 1 is 1.21 bits per heavy atom. The minimum atomic E-state index is -0.00557. The van der Waals surface area contributed by atoms with Gasteiger partial charge in [-0.3, -0.25) is 0 Å². The van der Waals surface area contributed by atoms with E-state index in [1.165, 1.54) is 15.8 Å². The van der Waals surface area contributed by atoms with Crippen molar-refractivity contribution >= 4 is 33.8 Å². The summed E-state index contributed by atoms with van der Waals surface area (Å²) in [6, 6.07) is 16.6. The van der Waals surface area contributed by atoms with Crippen LogP contribution in [0, 0.1) is 0 Å². The SMILES string of the molecule is CCC1c2ccsc2CCN1C(=O)Nc1ccc2ccccc2c1.